The molecule has 1 atom stereocenters. The fourth-order valence-corrected chi connectivity index (χ4v) is 4.36. The average Bonchev–Trinajstić information content (AvgIpc) is 2.88. The molecular weight excluding hydrogens is 332 g/mol. The molecule has 0 spiro atoms. The second-order valence-corrected chi connectivity index (χ2v) is 7.74. The number of carbonyl (C=O) groups is 1. The molecule has 3 N–H and O–H groups in total. The van der Waals surface area contributed by atoms with Crippen LogP contribution >= 0.6 is 0 Å². The van der Waals surface area contributed by atoms with E-state index in [0.717, 1.165) is 25.9 Å². The van der Waals surface area contributed by atoms with Crippen LogP contribution in [0, 0.1) is 6.92 Å². The molecule has 1 amide bonds. The maximum Gasteiger partial charge on any atom is 0.325 e. The molecule has 0 radical (unpaired) electrons. The molecule has 2 aliphatic rings. The van der Waals surface area contributed by atoms with Crippen molar-refractivity contribution in [2.45, 2.75) is 76.8 Å². The molecule has 144 valence electrons. The monoisotopic (exact) mass is 362 g/mol. The van der Waals surface area contributed by atoms with Gasteiger partial charge in [-0.2, -0.15) is 0 Å². The summed E-state index contributed by atoms with van der Waals surface area (Å²) in [5.74, 6) is -0.154. The van der Waals surface area contributed by atoms with Gasteiger partial charge in [0.25, 0.3) is 5.56 Å². The van der Waals surface area contributed by atoms with Crippen molar-refractivity contribution in [1.29, 1.82) is 0 Å². The highest BCUT2D eigenvalue weighted by Crippen LogP contribution is 2.24. The van der Waals surface area contributed by atoms with Crippen LogP contribution in [0.4, 0.5) is 0 Å². The molecule has 1 aromatic heterocycles. The lowest BCUT2D eigenvalue weighted by Gasteiger charge is -2.38. The smallest absolute Gasteiger partial charge is 0.325 e. The SMILES string of the molecule is Cc1[nH]c(=O)[nH]c(=O)c1CC(=O)NC1CCCN(C2CCCCCC2)C1. The fraction of sp³-hybridized carbons (Fsp3) is 0.737. The normalized spacial score (nSPS) is 22.7. The number of carbonyl (C=O) groups excluding carboxylic acids is 1. The van der Waals surface area contributed by atoms with Crippen molar-refractivity contribution >= 4 is 5.91 Å². The van der Waals surface area contributed by atoms with E-state index in [1.807, 2.05) is 0 Å². The van der Waals surface area contributed by atoms with Crippen molar-refractivity contribution in [2.24, 2.45) is 0 Å². The van der Waals surface area contributed by atoms with Crippen molar-refractivity contribution in [3.8, 4) is 0 Å². The number of aromatic nitrogens is 2. The van der Waals surface area contributed by atoms with Gasteiger partial charge >= 0.3 is 5.69 Å². The Balaban J connectivity index is 1.57. The predicted molar refractivity (Wildman–Crippen MR) is 100 cm³/mol. The molecular formula is C19H30N4O3. The van der Waals surface area contributed by atoms with Crippen LogP contribution in [0.2, 0.25) is 0 Å². The standard InChI is InChI=1S/C19H30N4O3/c1-13-16(18(25)22-19(26)20-13)11-17(24)21-14-7-6-10-23(12-14)15-8-4-2-3-5-9-15/h14-15H,2-12H2,1H3,(H,21,24)(H2,20,22,25,26). The fourth-order valence-electron chi connectivity index (χ4n) is 4.36. The number of likely N-dealkylation sites (tertiary alicyclic amines) is 1. The molecule has 7 heteroatoms. The Morgan fingerprint density at radius 3 is 2.50 bits per heavy atom. The van der Waals surface area contributed by atoms with Crippen molar-refractivity contribution in [3.05, 3.63) is 32.1 Å². The number of aryl methyl sites for hydroxylation is 1. The Bertz CT molecular complexity index is 731. The highest BCUT2D eigenvalue weighted by molar-refractivity contribution is 5.79. The maximum atomic E-state index is 12.4. The molecule has 1 saturated heterocycles. The highest BCUT2D eigenvalue weighted by atomic mass is 16.2. The lowest BCUT2D eigenvalue weighted by atomic mass is 9.99. The summed E-state index contributed by atoms with van der Waals surface area (Å²) in [6.45, 7) is 3.67. The number of hydrogen-bond donors (Lipinski definition) is 3. The number of amides is 1. The minimum atomic E-state index is -0.539. The van der Waals surface area contributed by atoms with Gasteiger partial charge in [-0.3, -0.25) is 19.5 Å². The van der Waals surface area contributed by atoms with Gasteiger partial charge in [-0.25, -0.2) is 4.79 Å². The number of rotatable bonds is 4. The van der Waals surface area contributed by atoms with E-state index in [9.17, 15) is 14.4 Å². The average molecular weight is 362 g/mol. The minimum Gasteiger partial charge on any atom is -0.352 e. The van der Waals surface area contributed by atoms with Gasteiger partial charge in [0.05, 0.1) is 6.42 Å². The summed E-state index contributed by atoms with van der Waals surface area (Å²) in [7, 11) is 0. The molecule has 7 nitrogen and oxygen atoms in total. The molecule has 2 heterocycles. The summed E-state index contributed by atoms with van der Waals surface area (Å²) in [6.07, 6.45) is 9.93. The summed E-state index contributed by atoms with van der Waals surface area (Å²) >= 11 is 0. The molecule has 3 rings (SSSR count). The van der Waals surface area contributed by atoms with Crippen LogP contribution in [0.5, 0.6) is 0 Å². The van der Waals surface area contributed by atoms with Crippen molar-refractivity contribution < 1.29 is 4.79 Å². The Labute approximate surface area is 153 Å². The third-order valence-electron chi connectivity index (χ3n) is 5.75. The van der Waals surface area contributed by atoms with Crippen molar-refractivity contribution in [1.82, 2.24) is 20.2 Å². The minimum absolute atomic E-state index is 0.00211. The Hall–Kier alpha value is -1.89. The van der Waals surface area contributed by atoms with Gasteiger partial charge in [0.1, 0.15) is 0 Å². The van der Waals surface area contributed by atoms with Crippen LogP contribution in [-0.4, -0.2) is 45.9 Å². The number of H-pyrrole nitrogens is 2. The van der Waals surface area contributed by atoms with Crippen LogP contribution < -0.4 is 16.6 Å². The Morgan fingerprint density at radius 2 is 1.81 bits per heavy atom. The highest BCUT2D eigenvalue weighted by Gasteiger charge is 2.27. The summed E-state index contributed by atoms with van der Waals surface area (Å²) in [4.78, 5) is 42.9. The topological polar surface area (TPSA) is 98.1 Å². The van der Waals surface area contributed by atoms with Crippen molar-refractivity contribution in [3.63, 3.8) is 0 Å². The zero-order valence-electron chi connectivity index (χ0n) is 15.6. The van der Waals surface area contributed by atoms with Gasteiger partial charge in [0.15, 0.2) is 0 Å². The first-order valence-corrected chi connectivity index (χ1v) is 9.88. The van der Waals surface area contributed by atoms with E-state index in [1.54, 1.807) is 6.92 Å². The van der Waals surface area contributed by atoms with E-state index in [0.29, 0.717) is 17.3 Å². The molecule has 0 aromatic carbocycles. The summed E-state index contributed by atoms with van der Waals surface area (Å²) in [6, 6.07) is 0.795. The molecule has 1 unspecified atom stereocenters. The van der Waals surface area contributed by atoms with E-state index in [4.69, 9.17) is 0 Å². The number of hydrogen-bond acceptors (Lipinski definition) is 4. The third-order valence-corrected chi connectivity index (χ3v) is 5.75. The number of nitrogens with one attached hydrogen (secondary N) is 3. The van der Waals surface area contributed by atoms with Gasteiger partial charge in [0, 0.05) is 29.9 Å². The summed E-state index contributed by atoms with van der Waals surface area (Å²) in [5.41, 5.74) is -0.232. The first-order chi connectivity index (χ1) is 12.5. The van der Waals surface area contributed by atoms with Crippen LogP contribution in [-0.2, 0) is 11.2 Å². The predicted octanol–water partition coefficient (Wildman–Crippen LogP) is 1.22. The first-order valence-electron chi connectivity index (χ1n) is 9.88. The van der Waals surface area contributed by atoms with E-state index in [2.05, 4.69) is 20.2 Å². The quantitative estimate of drug-likeness (QED) is 0.702. The molecule has 0 bridgehead atoms. The van der Waals surface area contributed by atoms with Gasteiger partial charge in [-0.15, -0.1) is 0 Å². The summed E-state index contributed by atoms with van der Waals surface area (Å²) in [5, 5.41) is 3.10. The molecule has 1 aliphatic carbocycles. The largest absolute Gasteiger partial charge is 0.352 e. The maximum absolute atomic E-state index is 12.4. The van der Waals surface area contributed by atoms with Gasteiger partial charge in [-0.05, 0) is 39.2 Å². The van der Waals surface area contributed by atoms with Gasteiger partial charge in [-0.1, -0.05) is 25.7 Å². The number of piperidine rings is 1. The van der Waals surface area contributed by atoms with Crippen LogP contribution in [0.3, 0.4) is 0 Å². The lowest BCUT2D eigenvalue weighted by Crippen LogP contribution is -2.51. The second-order valence-electron chi connectivity index (χ2n) is 7.74. The molecule has 2 fully saturated rings. The van der Waals surface area contributed by atoms with E-state index in [-0.39, 0.29) is 18.4 Å². The third kappa shape index (κ3) is 4.84. The lowest BCUT2D eigenvalue weighted by molar-refractivity contribution is -0.121. The van der Waals surface area contributed by atoms with Gasteiger partial charge < -0.3 is 10.3 Å². The Morgan fingerprint density at radius 1 is 1.08 bits per heavy atom. The molecule has 1 saturated carbocycles. The first kappa shape index (κ1) is 18.9. The Kier molecular flexibility index (Phi) is 6.29. The zero-order valence-corrected chi connectivity index (χ0v) is 15.6. The van der Waals surface area contributed by atoms with E-state index in [1.165, 1.54) is 38.5 Å². The number of nitrogens with zero attached hydrogens (tertiary/aromatic N) is 1. The van der Waals surface area contributed by atoms with Crippen LogP contribution in [0.1, 0.15) is 62.6 Å². The van der Waals surface area contributed by atoms with E-state index >= 15 is 0 Å². The zero-order chi connectivity index (χ0) is 18.5. The molecule has 1 aliphatic heterocycles. The summed E-state index contributed by atoms with van der Waals surface area (Å²) < 4.78 is 0. The van der Waals surface area contributed by atoms with Crippen LogP contribution in [0.15, 0.2) is 9.59 Å². The second kappa shape index (κ2) is 8.66. The molecule has 1 aromatic rings. The van der Waals surface area contributed by atoms with Gasteiger partial charge in [0.2, 0.25) is 5.91 Å². The number of aromatic amines is 2. The van der Waals surface area contributed by atoms with Crippen molar-refractivity contribution in [2.75, 3.05) is 13.1 Å². The molecule has 26 heavy (non-hydrogen) atoms. The van der Waals surface area contributed by atoms with Crippen LogP contribution in [0.25, 0.3) is 0 Å². The van der Waals surface area contributed by atoms with E-state index < -0.39 is 11.2 Å².